The van der Waals surface area contributed by atoms with E-state index in [1.54, 1.807) is 19.1 Å². The van der Waals surface area contributed by atoms with Gasteiger partial charge in [0.25, 0.3) is 0 Å². The highest BCUT2D eigenvalue weighted by Gasteiger charge is 2.39. The Balaban J connectivity index is 2.85. The summed E-state index contributed by atoms with van der Waals surface area (Å²) in [4.78, 5) is 23.6. The first-order valence-electron chi connectivity index (χ1n) is 7.42. The smallest absolute Gasteiger partial charge is 0.193 e. The minimum Gasteiger partial charge on any atom is -0.407 e. The lowest BCUT2D eigenvalue weighted by Gasteiger charge is -2.38. The van der Waals surface area contributed by atoms with E-state index in [0.29, 0.717) is 5.56 Å². The molecule has 0 radical (unpaired) electrons. The molecule has 1 aromatic carbocycles. The van der Waals surface area contributed by atoms with Crippen LogP contribution in [0, 0.1) is 0 Å². The van der Waals surface area contributed by atoms with E-state index in [1.165, 1.54) is 0 Å². The summed E-state index contributed by atoms with van der Waals surface area (Å²) in [6, 6.07) is 5.34. The Morgan fingerprint density at radius 1 is 1.36 bits per heavy atom. The molecule has 22 heavy (non-hydrogen) atoms. The van der Waals surface area contributed by atoms with Gasteiger partial charge < -0.3 is 4.43 Å². The molecular weight excluding hydrogens is 360 g/mol. The lowest BCUT2D eigenvalue weighted by Crippen LogP contribution is -2.45. The Morgan fingerprint density at radius 2 is 1.95 bits per heavy atom. The average Bonchev–Trinajstić information content (AvgIpc) is 2.37. The molecular formula is C17H25BrO3Si. The van der Waals surface area contributed by atoms with Gasteiger partial charge in [0.2, 0.25) is 0 Å². The molecule has 0 bridgehead atoms. The summed E-state index contributed by atoms with van der Waals surface area (Å²) in [7, 11) is -1.98. The number of halogens is 1. The van der Waals surface area contributed by atoms with Crippen LogP contribution in [0.25, 0.3) is 0 Å². The van der Waals surface area contributed by atoms with Crippen molar-refractivity contribution < 1.29 is 14.0 Å². The molecule has 0 heterocycles. The molecule has 1 atom stereocenters. The molecule has 0 amide bonds. The summed E-state index contributed by atoms with van der Waals surface area (Å²) in [5.41, 5.74) is 1.29. The highest BCUT2D eigenvalue weighted by molar-refractivity contribution is 9.10. The van der Waals surface area contributed by atoms with Crippen LogP contribution in [0.5, 0.6) is 0 Å². The minimum atomic E-state index is -1.98. The Bertz CT molecular complexity index is 562. The van der Waals surface area contributed by atoms with E-state index < -0.39 is 14.4 Å². The van der Waals surface area contributed by atoms with E-state index in [-0.39, 0.29) is 17.2 Å². The molecule has 1 unspecified atom stereocenters. The highest BCUT2D eigenvalue weighted by Crippen LogP contribution is 2.37. The summed E-state index contributed by atoms with van der Waals surface area (Å²) >= 11 is 3.38. The van der Waals surface area contributed by atoms with Crippen LogP contribution in [0.15, 0.2) is 22.7 Å². The van der Waals surface area contributed by atoms with Gasteiger partial charge in [-0.05, 0) is 42.8 Å². The van der Waals surface area contributed by atoms with Crippen LogP contribution in [-0.4, -0.2) is 26.5 Å². The van der Waals surface area contributed by atoms with E-state index in [9.17, 15) is 9.59 Å². The number of ketones is 1. The second-order valence-electron chi connectivity index (χ2n) is 7.12. The van der Waals surface area contributed by atoms with Gasteiger partial charge in [-0.2, -0.15) is 0 Å². The number of hydrogen-bond acceptors (Lipinski definition) is 3. The zero-order valence-corrected chi connectivity index (χ0v) is 16.8. The molecule has 5 heteroatoms. The van der Waals surface area contributed by atoms with E-state index in [4.69, 9.17) is 4.43 Å². The average molecular weight is 385 g/mol. The first-order valence-corrected chi connectivity index (χ1v) is 11.1. The van der Waals surface area contributed by atoms with Crippen molar-refractivity contribution in [2.45, 2.75) is 58.4 Å². The molecule has 0 N–H and O–H groups in total. The van der Waals surface area contributed by atoms with E-state index in [1.807, 2.05) is 6.07 Å². The van der Waals surface area contributed by atoms with Crippen LogP contribution in [0.4, 0.5) is 0 Å². The first kappa shape index (κ1) is 19.3. The van der Waals surface area contributed by atoms with Gasteiger partial charge in [-0.3, -0.25) is 9.59 Å². The number of carbonyl (C=O) groups excluding carboxylic acids is 2. The van der Waals surface area contributed by atoms with Gasteiger partial charge >= 0.3 is 0 Å². The third-order valence-electron chi connectivity index (χ3n) is 4.33. The van der Waals surface area contributed by atoms with Gasteiger partial charge in [-0.25, -0.2) is 0 Å². The van der Waals surface area contributed by atoms with Crippen LogP contribution in [0.2, 0.25) is 18.1 Å². The summed E-state index contributed by atoms with van der Waals surface area (Å²) in [5, 5.41) is 0.0608. The fourth-order valence-corrected chi connectivity index (χ4v) is 3.64. The molecule has 122 valence electrons. The maximum absolute atomic E-state index is 12.5. The molecule has 0 aliphatic heterocycles. The normalized spacial score (nSPS) is 13.8. The second kappa shape index (κ2) is 7.19. The Kier molecular flexibility index (Phi) is 6.30. The summed E-state index contributed by atoms with van der Waals surface area (Å²) in [5.74, 6) is 0.00558. The van der Waals surface area contributed by atoms with Gasteiger partial charge in [-0.1, -0.05) is 42.8 Å². The zero-order valence-electron chi connectivity index (χ0n) is 14.2. The molecule has 1 aromatic rings. The van der Waals surface area contributed by atoms with Crippen molar-refractivity contribution in [2.24, 2.45) is 0 Å². The van der Waals surface area contributed by atoms with Gasteiger partial charge in [0.1, 0.15) is 12.4 Å². The molecule has 3 nitrogen and oxygen atoms in total. The summed E-state index contributed by atoms with van der Waals surface area (Å²) in [6.07, 6.45) is 0.539. The van der Waals surface area contributed by atoms with Crippen molar-refractivity contribution in [3.05, 3.63) is 33.8 Å². The van der Waals surface area contributed by atoms with E-state index in [2.05, 4.69) is 49.8 Å². The molecule has 0 fully saturated rings. The largest absolute Gasteiger partial charge is 0.407 e. The summed E-state index contributed by atoms with van der Waals surface area (Å²) < 4.78 is 6.99. The third kappa shape index (κ3) is 4.86. The standard InChI is InChI=1S/C17H25BrO3Si/c1-12(21-22(5,6)17(2,3)4)16(20)10-14-9-15(18)8-7-13(14)11-19/h7-9,11-12H,10H2,1-6H3. The zero-order chi connectivity index (χ0) is 17.1. The van der Waals surface area contributed by atoms with Crippen LogP contribution in [0.3, 0.4) is 0 Å². The minimum absolute atomic E-state index is 0.00558. The maximum atomic E-state index is 12.5. The lowest BCUT2D eigenvalue weighted by atomic mass is 10.0. The van der Waals surface area contributed by atoms with Gasteiger partial charge in [-0.15, -0.1) is 0 Å². The Morgan fingerprint density at radius 3 is 2.45 bits per heavy atom. The van der Waals surface area contributed by atoms with E-state index in [0.717, 1.165) is 16.3 Å². The van der Waals surface area contributed by atoms with Crippen LogP contribution >= 0.6 is 15.9 Å². The first-order chi connectivity index (χ1) is 9.98. The molecule has 0 saturated carbocycles. The Hall–Kier alpha value is -0.783. The van der Waals surface area contributed by atoms with E-state index >= 15 is 0 Å². The summed E-state index contributed by atoms with van der Waals surface area (Å²) in [6.45, 7) is 12.5. The van der Waals surface area contributed by atoms with Crippen LogP contribution in [-0.2, 0) is 15.6 Å². The highest BCUT2D eigenvalue weighted by atomic mass is 79.9. The van der Waals surface area contributed by atoms with Crippen molar-refractivity contribution in [1.29, 1.82) is 0 Å². The SMILES string of the molecule is CC(O[Si](C)(C)C(C)(C)C)C(=O)Cc1cc(Br)ccc1C=O. The Labute approximate surface area is 142 Å². The molecule has 0 saturated heterocycles. The number of hydrogen-bond donors (Lipinski definition) is 0. The number of aldehydes is 1. The quantitative estimate of drug-likeness (QED) is 0.523. The van der Waals surface area contributed by atoms with Crippen molar-refractivity contribution in [1.82, 2.24) is 0 Å². The fraction of sp³-hybridized carbons (Fsp3) is 0.529. The second-order valence-corrected chi connectivity index (χ2v) is 12.8. The molecule has 0 spiro atoms. The predicted molar refractivity (Wildman–Crippen MR) is 96.0 cm³/mol. The molecule has 1 rings (SSSR count). The fourth-order valence-electron chi connectivity index (χ4n) is 1.86. The molecule has 0 aliphatic rings. The predicted octanol–water partition coefficient (Wildman–Crippen LogP) is 4.78. The van der Waals surface area contributed by atoms with Gasteiger partial charge in [0.15, 0.2) is 14.1 Å². The van der Waals surface area contributed by atoms with Crippen molar-refractivity contribution in [3.63, 3.8) is 0 Å². The third-order valence-corrected chi connectivity index (χ3v) is 9.38. The topological polar surface area (TPSA) is 43.4 Å². The maximum Gasteiger partial charge on any atom is 0.193 e. The lowest BCUT2D eigenvalue weighted by molar-refractivity contribution is -0.124. The number of carbonyl (C=O) groups is 2. The van der Waals surface area contributed by atoms with Crippen molar-refractivity contribution in [3.8, 4) is 0 Å². The molecule has 0 aromatic heterocycles. The van der Waals surface area contributed by atoms with Crippen molar-refractivity contribution in [2.75, 3.05) is 0 Å². The van der Waals surface area contributed by atoms with Crippen molar-refractivity contribution >= 4 is 36.3 Å². The van der Waals surface area contributed by atoms with Crippen LogP contribution in [0.1, 0.15) is 43.6 Å². The van der Waals surface area contributed by atoms with Gasteiger partial charge in [0.05, 0.1) is 0 Å². The van der Waals surface area contributed by atoms with Gasteiger partial charge in [0, 0.05) is 16.5 Å². The number of Topliss-reactive ketones (excluding diaryl/α,β-unsaturated/α-hetero) is 1. The van der Waals surface area contributed by atoms with Crippen LogP contribution < -0.4 is 0 Å². The number of benzene rings is 1. The number of rotatable bonds is 6. The molecule has 0 aliphatic carbocycles. The monoisotopic (exact) mass is 384 g/mol.